The number of unbranched alkanes of at least 4 members (excludes halogenated alkanes) is 1. The summed E-state index contributed by atoms with van der Waals surface area (Å²) < 4.78 is 20.5. The molecule has 9 heteroatoms. The predicted octanol–water partition coefficient (Wildman–Crippen LogP) is 5.67. The van der Waals surface area contributed by atoms with Crippen LogP contribution in [0.4, 0.5) is 10.1 Å². The van der Waals surface area contributed by atoms with Gasteiger partial charge in [-0.2, -0.15) is 0 Å². The molecule has 31 heavy (non-hydrogen) atoms. The topological polar surface area (TPSA) is 69.0 Å². The van der Waals surface area contributed by atoms with Crippen LogP contribution in [0, 0.1) is 5.82 Å². The van der Waals surface area contributed by atoms with Gasteiger partial charge in [0.2, 0.25) is 5.91 Å². The van der Waals surface area contributed by atoms with Crippen molar-refractivity contribution in [3.8, 4) is 17.1 Å². The molecule has 0 aliphatic rings. The van der Waals surface area contributed by atoms with Crippen molar-refractivity contribution in [2.75, 3.05) is 12.4 Å². The summed E-state index contributed by atoms with van der Waals surface area (Å²) in [6.07, 6.45) is 1.98. The van der Waals surface area contributed by atoms with Crippen molar-refractivity contribution in [2.24, 2.45) is 0 Å². The molecule has 0 bridgehead atoms. The standard InChI is InChI=1S/C22H24ClFN4O2S/c1-4-5-12-28-20(15-6-9-17(30-3)10-7-15)26-27-22(28)31-14(2)21(29)25-19-11-8-16(24)13-18(19)23/h6-11,13-14H,4-5,12H2,1-3H3,(H,25,29). The van der Waals surface area contributed by atoms with E-state index in [9.17, 15) is 9.18 Å². The number of rotatable bonds is 9. The summed E-state index contributed by atoms with van der Waals surface area (Å²) in [6, 6.07) is 11.5. The minimum absolute atomic E-state index is 0.151. The van der Waals surface area contributed by atoms with Crippen LogP contribution in [-0.4, -0.2) is 33.0 Å². The Morgan fingerprint density at radius 1 is 1.26 bits per heavy atom. The largest absolute Gasteiger partial charge is 0.497 e. The quantitative estimate of drug-likeness (QED) is 0.415. The van der Waals surface area contributed by atoms with Crippen LogP contribution in [0.5, 0.6) is 5.75 Å². The lowest BCUT2D eigenvalue weighted by Crippen LogP contribution is -2.23. The molecule has 0 saturated carbocycles. The Hall–Kier alpha value is -2.58. The van der Waals surface area contributed by atoms with Gasteiger partial charge >= 0.3 is 0 Å². The van der Waals surface area contributed by atoms with E-state index in [-0.39, 0.29) is 10.9 Å². The third-order valence-corrected chi connectivity index (χ3v) is 6.03. The summed E-state index contributed by atoms with van der Waals surface area (Å²) in [7, 11) is 1.62. The number of aromatic nitrogens is 3. The SMILES string of the molecule is CCCCn1c(SC(C)C(=O)Nc2ccc(F)cc2Cl)nnc1-c1ccc(OC)cc1. The first-order valence-corrected chi connectivity index (χ1v) is 11.2. The number of hydrogen-bond acceptors (Lipinski definition) is 5. The molecule has 2 aromatic carbocycles. The fourth-order valence-electron chi connectivity index (χ4n) is 2.88. The maximum absolute atomic E-state index is 13.2. The van der Waals surface area contributed by atoms with Crippen molar-refractivity contribution in [3.05, 3.63) is 53.3 Å². The molecule has 1 amide bonds. The van der Waals surface area contributed by atoms with Gasteiger partial charge in [-0.1, -0.05) is 36.7 Å². The van der Waals surface area contributed by atoms with E-state index in [0.29, 0.717) is 10.8 Å². The van der Waals surface area contributed by atoms with Crippen LogP contribution in [0.2, 0.25) is 5.02 Å². The van der Waals surface area contributed by atoms with E-state index in [4.69, 9.17) is 16.3 Å². The predicted molar refractivity (Wildman–Crippen MR) is 122 cm³/mol. The van der Waals surface area contributed by atoms with Gasteiger partial charge in [-0.3, -0.25) is 4.79 Å². The van der Waals surface area contributed by atoms with E-state index < -0.39 is 11.1 Å². The zero-order valence-corrected chi connectivity index (χ0v) is 19.1. The summed E-state index contributed by atoms with van der Waals surface area (Å²) in [5.41, 5.74) is 1.29. The van der Waals surface area contributed by atoms with Gasteiger partial charge in [0.05, 0.1) is 23.1 Å². The zero-order valence-electron chi connectivity index (χ0n) is 17.6. The summed E-state index contributed by atoms with van der Waals surface area (Å²) in [4.78, 5) is 12.7. The fraction of sp³-hybridized carbons (Fsp3) is 0.318. The van der Waals surface area contributed by atoms with Crippen molar-refractivity contribution < 1.29 is 13.9 Å². The van der Waals surface area contributed by atoms with Crippen LogP contribution >= 0.6 is 23.4 Å². The molecule has 1 unspecified atom stereocenters. The lowest BCUT2D eigenvalue weighted by Gasteiger charge is -2.14. The number of anilines is 1. The average molecular weight is 463 g/mol. The Labute approximate surface area is 190 Å². The number of halogens is 2. The van der Waals surface area contributed by atoms with Gasteiger partial charge in [-0.05, 0) is 55.8 Å². The zero-order chi connectivity index (χ0) is 22.4. The van der Waals surface area contributed by atoms with Gasteiger partial charge in [-0.25, -0.2) is 4.39 Å². The number of nitrogens with one attached hydrogen (secondary N) is 1. The summed E-state index contributed by atoms with van der Waals surface area (Å²) >= 11 is 7.33. The lowest BCUT2D eigenvalue weighted by molar-refractivity contribution is -0.115. The van der Waals surface area contributed by atoms with Crippen LogP contribution in [-0.2, 0) is 11.3 Å². The van der Waals surface area contributed by atoms with Gasteiger partial charge < -0.3 is 14.6 Å². The Morgan fingerprint density at radius 2 is 2.00 bits per heavy atom. The van der Waals surface area contributed by atoms with E-state index in [2.05, 4.69) is 22.4 Å². The molecule has 0 radical (unpaired) electrons. The monoisotopic (exact) mass is 462 g/mol. The number of ether oxygens (including phenoxy) is 1. The molecule has 0 saturated heterocycles. The minimum atomic E-state index is -0.464. The Balaban J connectivity index is 1.79. The molecule has 3 rings (SSSR count). The van der Waals surface area contributed by atoms with Crippen LogP contribution in [0.25, 0.3) is 11.4 Å². The molecule has 0 spiro atoms. The molecule has 6 nitrogen and oxygen atoms in total. The van der Waals surface area contributed by atoms with Crippen molar-refractivity contribution in [1.29, 1.82) is 0 Å². The highest BCUT2D eigenvalue weighted by Gasteiger charge is 2.21. The second kappa shape index (κ2) is 10.6. The van der Waals surface area contributed by atoms with Crippen molar-refractivity contribution >= 4 is 35.0 Å². The third kappa shape index (κ3) is 5.77. The molecule has 164 valence electrons. The fourth-order valence-corrected chi connectivity index (χ4v) is 3.97. The average Bonchev–Trinajstić information content (AvgIpc) is 3.16. The Morgan fingerprint density at radius 3 is 2.65 bits per heavy atom. The second-order valence-electron chi connectivity index (χ2n) is 6.91. The number of nitrogens with zero attached hydrogens (tertiary/aromatic N) is 3. The first kappa shape index (κ1) is 23.1. The number of amides is 1. The van der Waals surface area contributed by atoms with Crippen LogP contribution < -0.4 is 10.1 Å². The molecule has 0 aliphatic carbocycles. The highest BCUT2D eigenvalue weighted by molar-refractivity contribution is 8.00. The summed E-state index contributed by atoms with van der Waals surface area (Å²) in [5, 5.41) is 11.8. The Kier molecular flexibility index (Phi) is 7.92. The third-order valence-electron chi connectivity index (χ3n) is 4.64. The molecule has 1 aromatic heterocycles. The van der Waals surface area contributed by atoms with Gasteiger partial charge in [0.15, 0.2) is 11.0 Å². The lowest BCUT2D eigenvalue weighted by atomic mass is 10.2. The first-order chi connectivity index (χ1) is 14.9. The first-order valence-electron chi connectivity index (χ1n) is 9.93. The van der Waals surface area contributed by atoms with Gasteiger partial charge in [-0.15, -0.1) is 10.2 Å². The number of methoxy groups -OCH3 is 1. The number of thioether (sulfide) groups is 1. The molecule has 3 aromatic rings. The summed E-state index contributed by atoms with van der Waals surface area (Å²) in [6.45, 7) is 4.64. The van der Waals surface area contributed by atoms with E-state index >= 15 is 0 Å². The maximum Gasteiger partial charge on any atom is 0.237 e. The van der Waals surface area contributed by atoms with E-state index in [0.717, 1.165) is 42.6 Å². The van der Waals surface area contributed by atoms with Crippen LogP contribution in [0.15, 0.2) is 47.6 Å². The molecular formula is C22H24ClFN4O2S. The maximum atomic E-state index is 13.2. The molecule has 1 heterocycles. The second-order valence-corrected chi connectivity index (χ2v) is 8.63. The van der Waals surface area contributed by atoms with Crippen molar-refractivity contribution in [3.63, 3.8) is 0 Å². The Bertz CT molecular complexity index is 1040. The van der Waals surface area contributed by atoms with Gasteiger partial charge in [0.1, 0.15) is 11.6 Å². The molecule has 1 N–H and O–H groups in total. The van der Waals surface area contributed by atoms with E-state index in [1.165, 1.54) is 23.9 Å². The molecule has 0 aliphatic heterocycles. The highest BCUT2D eigenvalue weighted by atomic mass is 35.5. The van der Waals surface area contributed by atoms with Crippen molar-refractivity contribution in [2.45, 2.75) is 43.6 Å². The molecule has 0 fully saturated rings. The van der Waals surface area contributed by atoms with Gasteiger partial charge in [0.25, 0.3) is 0 Å². The normalized spacial score (nSPS) is 11.9. The van der Waals surface area contributed by atoms with E-state index in [1.807, 2.05) is 28.8 Å². The van der Waals surface area contributed by atoms with Crippen molar-refractivity contribution in [1.82, 2.24) is 14.8 Å². The molecule has 1 atom stereocenters. The van der Waals surface area contributed by atoms with Gasteiger partial charge in [0, 0.05) is 12.1 Å². The number of carbonyl (C=O) groups excluding carboxylic acids is 1. The van der Waals surface area contributed by atoms with Crippen LogP contribution in [0.3, 0.4) is 0 Å². The minimum Gasteiger partial charge on any atom is -0.497 e. The number of carbonyl (C=O) groups is 1. The number of benzene rings is 2. The highest BCUT2D eigenvalue weighted by Crippen LogP contribution is 2.30. The number of hydrogen-bond donors (Lipinski definition) is 1. The van der Waals surface area contributed by atoms with E-state index in [1.54, 1.807) is 14.0 Å². The summed E-state index contributed by atoms with van der Waals surface area (Å²) in [5.74, 6) is 0.797. The molecular weight excluding hydrogens is 439 g/mol. The smallest absolute Gasteiger partial charge is 0.237 e. The van der Waals surface area contributed by atoms with Crippen LogP contribution in [0.1, 0.15) is 26.7 Å².